The molecule has 0 rings (SSSR count). The van der Waals surface area contributed by atoms with Crippen molar-refractivity contribution in [2.75, 3.05) is 12.5 Å². The molecule has 0 bridgehead atoms. The zero-order valence-electron chi connectivity index (χ0n) is 7.77. The van der Waals surface area contributed by atoms with Crippen molar-refractivity contribution in [3.8, 4) is 0 Å². The highest BCUT2D eigenvalue weighted by Gasteiger charge is 2.23. The number of hydrogen-bond acceptors (Lipinski definition) is 4. The first-order chi connectivity index (χ1) is 6.47. The minimum atomic E-state index is -1.77. The maximum Gasteiger partial charge on any atom is 0.366 e. The molecular formula is C7H13NO5P+. The molecule has 0 saturated heterocycles. The van der Waals surface area contributed by atoms with Crippen LogP contribution in [0, 0.1) is 0 Å². The van der Waals surface area contributed by atoms with Gasteiger partial charge in [0.2, 0.25) is 12.3 Å². The van der Waals surface area contributed by atoms with Gasteiger partial charge in [-0.25, -0.2) is 4.79 Å². The van der Waals surface area contributed by atoms with Crippen LogP contribution in [0.2, 0.25) is 0 Å². The second-order valence-corrected chi connectivity index (χ2v) is 4.42. The van der Waals surface area contributed by atoms with E-state index in [0.29, 0.717) is 0 Å². The predicted molar refractivity (Wildman–Crippen MR) is 49.4 cm³/mol. The average Bonchev–Trinajstić information content (AvgIpc) is 2.10. The molecule has 0 aliphatic heterocycles. The Hall–Kier alpha value is -1.00. The van der Waals surface area contributed by atoms with Crippen LogP contribution in [0.15, 0.2) is 0 Å². The second-order valence-electron chi connectivity index (χ2n) is 2.73. The van der Waals surface area contributed by atoms with E-state index >= 15 is 0 Å². The Morgan fingerprint density at radius 3 is 2.43 bits per heavy atom. The monoisotopic (exact) mass is 222 g/mol. The van der Waals surface area contributed by atoms with Crippen LogP contribution in [-0.2, 0) is 14.2 Å². The molecule has 0 aromatic rings. The van der Waals surface area contributed by atoms with Gasteiger partial charge in [-0.1, -0.05) is 4.57 Å². The van der Waals surface area contributed by atoms with Crippen molar-refractivity contribution >= 4 is 19.7 Å². The summed E-state index contributed by atoms with van der Waals surface area (Å²) in [4.78, 5) is 21.1. The summed E-state index contributed by atoms with van der Waals surface area (Å²) in [6.45, 7) is 1.21. The first-order valence-corrected chi connectivity index (χ1v) is 5.63. The van der Waals surface area contributed by atoms with E-state index in [1.165, 1.54) is 6.92 Å². The lowest BCUT2D eigenvalue weighted by molar-refractivity contribution is -0.141. The lowest BCUT2D eigenvalue weighted by Crippen LogP contribution is -2.39. The molecule has 0 saturated carbocycles. The molecule has 14 heavy (non-hydrogen) atoms. The number of carbonyl (C=O) groups excluding carboxylic acids is 1. The van der Waals surface area contributed by atoms with Gasteiger partial charge in [-0.05, 0) is 0 Å². The van der Waals surface area contributed by atoms with Gasteiger partial charge in [-0.3, -0.25) is 4.79 Å². The third kappa shape index (κ3) is 5.61. The summed E-state index contributed by atoms with van der Waals surface area (Å²) in [7, 11) is -1.77. The quantitative estimate of drug-likeness (QED) is 0.537. The fourth-order valence-electron chi connectivity index (χ4n) is 0.847. The van der Waals surface area contributed by atoms with Gasteiger partial charge in [-0.2, -0.15) is 0 Å². The Balaban J connectivity index is 4.04. The Morgan fingerprint density at radius 1 is 1.50 bits per heavy atom. The first-order valence-electron chi connectivity index (χ1n) is 4.00. The second kappa shape index (κ2) is 6.45. The van der Waals surface area contributed by atoms with Gasteiger partial charge in [0.05, 0.1) is 0 Å². The van der Waals surface area contributed by atoms with Gasteiger partial charge >= 0.3 is 13.8 Å². The SMILES string of the molecule is CC(=O)N[C@H](CC[P+](=O)CO)C(=O)O. The maximum atomic E-state index is 10.8. The zero-order chi connectivity index (χ0) is 11.1. The molecule has 0 aliphatic carbocycles. The van der Waals surface area contributed by atoms with Crippen molar-refractivity contribution in [2.24, 2.45) is 0 Å². The minimum absolute atomic E-state index is 0.0602. The summed E-state index contributed by atoms with van der Waals surface area (Å²) in [5.41, 5.74) is 0. The number of nitrogens with one attached hydrogen (secondary N) is 1. The lowest BCUT2D eigenvalue weighted by Gasteiger charge is -2.09. The summed E-state index contributed by atoms with van der Waals surface area (Å²) in [5, 5.41) is 19.3. The van der Waals surface area contributed by atoms with Crippen molar-refractivity contribution < 1.29 is 24.4 Å². The van der Waals surface area contributed by atoms with Crippen LogP contribution in [0.3, 0.4) is 0 Å². The van der Waals surface area contributed by atoms with Crippen LogP contribution in [0.25, 0.3) is 0 Å². The molecule has 1 amide bonds. The third-order valence-corrected chi connectivity index (χ3v) is 2.57. The Bertz CT molecular complexity index is 242. The van der Waals surface area contributed by atoms with E-state index < -0.39 is 32.1 Å². The van der Waals surface area contributed by atoms with Crippen LogP contribution >= 0.6 is 7.80 Å². The summed E-state index contributed by atoms with van der Waals surface area (Å²) in [5.74, 6) is -1.61. The minimum Gasteiger partial charge on any atom is -0.480 e. The topological polar surface area (TPSA) is 104 Å². The molecular weight excluding hydrogens is 209 g/mol. The molecule has 0 heterocycles. The molecule has 7 heteroatoms. The van der Waals surface area contributed by atoms with Crippen molar-refractivity contribution in [1.29, 1.82) is 0 Å². The first kappa shape index (κ1) is 13.0. The van der Waals surface area contributed by atoms with Gasteiger partial charge in [0, 0.05) is 13.3 Å². The molecule has 0 aromatic carbocycles. The maximum absolute atomic E-state index is 10.8. The largest absolute Gasteiger partial charge is 0.480 e. The molecule has 2 atom stereocenters. The van der Waals surface area contributed by atoms with Gasteiger partial charge < -0.3 is 15.5 Å². The number of carboxylic acids is 1. The predicted octanol–water partition coefficient (Wildman–Crippen LogP) is -0.257. The van der Waals surface area contributed by atoms with Crippen molar-refractivity contribution in [3.05, 3.63) is 0 Å². The van der Waals surface area contributed by atoms with E-state index in [4.69, 9.17) is 10.2 Å². The summed E-state index contributed by atoms with van der Waals surface area (Å²) < 4.78 is 10.8. The molecule has 0 aliphatic rings. The standard InChI is InChI=1S/C7H12NO5P/c1-5(10)8-6(7(11)12)2-3-14(13)4-9/h6,9H,2-4H2,1H3,(H-,8,10,11,12)/p+1/t6-/m1/s1. The van der Waals surface area contributed by atoms with Gasteiger partial charge in [0.1, 0.15) is 6.04 Å². The molecule has 0 fully saturated rings. The third-order valence-electron chi connectivity index (χ3n) is 1.50. The van der Waals surface area contributed by atoms with Crippen LogP contribution < -0.4 is 5.32 Å². The van der Waals surface area contributed by atoms with Crippen LogP contribution in [-0.4, -0.2) is 40.6 Å². The van der Waals surface area contributed by atoms with Gasteiger partial charge in [0.25, 0.3) is 0 Å². The highest BCUT2D eigenvalue weighted by atomic mass is 31.1. The van der Waals surface area contributed by atoms with Crippen molar-refractivity contribution in [2.45, 2.75) is 19.4 Å². The summed E-state index contributed by atoms with van der Waals surface area (Å²) in [6, 6.07) is -1.03. The van der Waals surface area contributed by atoms with E-state index in [2.05, 4.69) is 5.32 Å². The number of hydrogen-bond donors (Lipinski definition) is 3. The van der Waals surface area contributed by atoms with E-state index in [1.54, 1.807) is 0 Å². The van der Waals surface area contributed by atoms with Crippen molar-refractivity contribution in [3.63, 3.8) is 0 Å². The Morgan fingerprint density at radius 2 is 2.07 bits per heavy atom. The number of aliphatic carboxylic acids is 1. The fourth-order valence-corrected chi connectivity index (χ4v) is 1.53. The summed E-state index contributed by atoms with van der Waals surface area (Å²) in [6.07, 6.45) is -0.310. The van der Waals surface area contributed by atoms with E-state index in [-0.39, 0.29) is 12.6 Å². The van der Waals surface area contributed by atoms with E-state index in [0.717, 1.165) is 0 Å². The van der Waals surface area contributed by atoms with E-state index in [1.807, 2.05) is 0 Å². The molecule has 1 unspecified atom stereocenters. The molecule has 0 spiro atoms. The lowest BCUT2D eigenvalue weighted by atomic mass is 10.2. The average molecular weight is 222 g/mol. The molecule has 6 nitrogen and oxygen atoms in total. The van der Waals surface area contributed by atoms with Crippen LogP contribution in [0.5, 0.6) is 0 Å². The fraction of sp³-hybridized carbons (Fsp3) is 0.714. The highest BCUT2D eigenvalue weighted by Crippen LogP contribution is 2.19. The van der Waals surface area contributed by atoms with Gasteiger partial charge in [0.15, 0.2) is 6.16 Å². The number of aliphatic hydroxyl groups excluding tert-OH is 1. The van der Waals surface area contributed by atoms with E-state index in [9.17, 15) is 14.2 Å². The number of carboxylic acid groups (broad SMARTS) is 1. The molecule has 80 valence electrons. The number of aliphatic hydroxyl groups is 1. The van der Waals surface area contributed by atoms with Crippen molar-refractivity contribution in [1.82, 2.24) is 5.32 Å². The number of carbonyl (C=O) groups is 2. The molecule has 3 N–H and O–H groups in total. The van der Waals surface area contributed by atoms with Gasteiger partial charge in [-0.15, -0.1) is 0 Å². The normalized spacial score (nSPS) is 13.1. The Labute approximate surface area is 82.1 Å². The smallest absolute Gasteiger partial charge is 0.366 e. The highest BCUT2D eigenvalue weighted by molar-refractivity contribution is 7.44. The van der Waals surface area contributed by atoms with Crippen LogP contribution in [0.1, 0.15) is 13.3 Å². The Kier molecular flexibility index (Phi) is 5.99. The molecule has 0 aromatic heterocycles. The summed E-state index contributed by atoms with van der Waals surface area (Å²) >= 11 is 0. The number of rotatable bonds is 6. The zero-order valence-corrected chi connectivity index (χ0v) is 8.66. The number of amides is 1. The molecule has 0 radical (unpaired) electrons. The van der Waals surface area contributed by atoms with Crippen LogP contribution in [0.4, 0.5) is 0 Å².